The van der Waals surface area contributed by atoms with Gasteiger partial charge in [-0.2, -0.15) is 4.52 Å². The summed E-state index contributed by atoms with van der Waals surface area (Å²) >= 11 is 1.18. The Morgan fingerprint density at radius 1 is 0.919 bits per heavy atom. The van der Waals surface area contributed by atoms with Gasteiger partial charge in [-0.05, 0) is 36.3 Å². The van der Waals surface area contributed by atoms with Crippen LogP contribution in [0.4, 0.5) is 5.69 Å². The SMILES string of the molecule is COc1cc(CCc2nc3s/c(=C\c4cc(OC)c(OC)c(OC)c4)c(=O)n3n2)c([N+](=O)[O-])cc1OC. The summed E-state index contributed by atoms with van der Waals surface area (Å²) in [5.41, 5.74) is 0.701. The van der Waals surface area contributed by atoms with Gasteiger partial charge in [0.1, 0.15) is 0 Å². The minimum Gasteiger partial charge on any atom is -0.493 e. The number of thiazole rings is 1. The van der Waals surface area contributed by atoms with Gasteiger partial charge in [0.2, 0.25) is 10.7 Å². The summed E-state index contributed by atoms with van der Waals surface area (Å²) in [6.07, 6.45) is 2.25. The molecule has 194 valence electrons. The zero-order valence-corrected chi connectivity index (χ0v) is 21.6. The topological polar surface area (TPSA) is 137 Å². The largest absolute Gasteiger partial charge is 0.493 e. The number of hydrogen-bond acceptors (Lipinski definition) is 11. The molecule has 0 aliphatic carbocycles. The molecule has 37 heavy (non-hydrogen) atoms. The fourth-order valence-electron chi connectivity index (χ4n) is 3.84. The second kappa shape index (κ2) is 10.7. The van der Waals surface area contributed by atoms with Gasteiger partial charge >= 0.3 is 0 Å². The van der Waals surface area contributed by atoms with Gasteiger partial charge in [-0.25, -0.2) is 4.98 Å². The van der Waals surface area contributed by atoms with Crippen molar-refractivity contribution in [3.8, 4) is 28.7 Å². The molecule has 0 spiro atoms. The van der Waals surface area contributed by atoms with Crippen LogP contribution in [0.25, 0.3) is 11.0 Å². The third kappa shape index (κ3) is 4.98. The first-order valence-corrected chi connectivity index (χ1v) is 11.7. The van der Waals surface area contributed by atoms with Crippen molar-refractivity contribution in [1.29, 1.82) is 0 Å². The Bertz CT molecular complexity index is 1550. The number of methoxy groups -OCH3 is 5. The molecule has 0 bridgehead atoms. The molecule has 0 saturated heterocycles. The Hall–Kier alpha value is -4.39. The molecule has 0 fully saturated rings. The fourth-order valence-corrected chi connectivity index (χ4v) is 4.77. The zero-order chi connectivity index (χ0) is 26.7. The average molecular weight is 529 g/mol. The van der Waals surface area contributed by atoms with E-state index in [0.29, 0.717) is 49.4 Å². The molecule has 4 rings (SSSR count). The molecule has 0 N–H and O–H groups in total. The van der Waals surface area contributed by atoms with Gasteiger partial charge in [0, 0.05) is 12.0 Å². The quantitative estimate of drug-likeness (QED) is 0.223. The van der Waals surface area contributed by atoms with Crippen LogP contribution in [-0.2, 0) is 12.8 Å². The van der Waals surface area contributed by atoms with Gasteiger partial charge in [-0.3, -0.25) is 14.9 Å². The van der Waals surface area contributed by atoms with Crippen LogP contribution in [0.1, 0.15) is 17.0 Å². The number of nitro groups is 1. The molecule has 0 saturated carbocycles. The lowest BCUT2D eigenvalue weighted by molar-refractivity contribution is -0.385. The molecule has 0 radical (unpaired) electrons. The number of rotatable bonds is 10. The van der Waals surface area contributed by atoms with Crippen molar-refractivity contribution in [2.75, 3.05) is 35.5 Å². The summed E-state index contributed by atoms with van der Waals surface area (Å²) in [4.78, 5) is 28.9. The second-order valence-electron chi connectivity index (χ2n) is 7.69. The van der Waals surface area contributed by atoms with Crippen LogP contribution in [-0.4, -0.2) is 55.1 Å². The van der Waals surface area contributed by atoms with E-state index in [0.717, 1.165) is 0 Å². The van der Waals surface area contributed by atoms with Crippen LogP contribution >= 0.6 is 11.3 Å². The van der Waals surface area contributed by atoms with E-state index in [1.807, 2.05) is 0 Å². The van der Waals surface area contributed by atoms with Crippen LogP contribution in [0, 0.1) is 10.1 Å². The Morgan fingerprint density at radius 3 is 2.08 bits per heavy atom. The van der Waals surface area contributed by atoms with E-state index in [-0.39, 0.29) is 29.8 Å². The standard InChI is InChI=1S/C24H24N4O8S/c1-32-16-11-14(15(28(30)31)12-17(16)33-2)6-7-21-25-24-27(26-21)23(29)20(37-24)10-13-8-18(34-3)22(36-5)19(9-13)35-4/h8-12H,6-7H2,1-5H3/b20-10-. The summed E-state index contributed by atoms with van der Waals surface area (Å²) in [6.45, 7) is 0. The monoisotopic (exact) mass is 528 g/mol. The minimum absolute atomic E-state index is 0.0922. The Balaban J connectivity index is 1.64. The number of nitro benzene ring substituents is 1. The molecule has 0 atom stereocenters. The van der Waals surface area contributed by atoms with Crippen LogP contribution in [0.15, 0.2) is 29.1 Å². The number of aromatic nitrogens is 3. The van der Waals surface area contributed by atoms with Crippen LogP contribution in [0.2, 0.25) is 0 Å². The molecule has 0 aliphatic rings. The molecule has 2 aromatic carbocycles. The highest BCUT2D eigenvalue weighted by Crippen LogP contribution is 2.38. The summed E-state index contributed by atoms with van der Waals surface area (Å²) in [7, 11) is 7.42. The van der Waals surface area contributed by atoms with Crippen LogP contribution in [0.5, 0.6) is 28.7 Å². The summed E-state index contributed by atoms with van der Waals surface area (Å²) in [6, 6.07) is 6.36. The number of hydrogen-bond donors (Lipinski definition) is 0. The van der Waals surface area contributed by atoms with Gasteiger partial charge < -0.3 is 23.7 Å². The van der Waals surface area contributed by atoms with Crippen molar-refractivity contribution in [3.05, 3.63) is 66.2 Å². The van der Waals surface area contributed by atoms with E-state index in [1.54, 1.807) is 24.3 Å². The van der Waals surface area contributed by atoms with Crippen molar-refractivity contribution in [1.82, 2.24) is 14.6 Å². The maximum atomic E-state index is 13.0. The molecule has 12 nitrogen and oxygen atoms in total. The predicted molar refractivity (Wildman–Crippen MR) is 136 cm³/mol. The van der Waals surface area contributed by atoms with Gasteiger partial charge in [0.15, 0.2) is 28.8 Å². The van der Waals surface area contributed by atoms with E-state index in [9.17, 15) is 14.9 Å². The predicted octanol–water partition coefficient (Wildman–Crippen LogP) is 2.44. The van der Waals surface area contributed by atoms with Gasteiger partial charge in [0.05, 0.1) is 51.1 Å². The van der Waals surface area contributed by atoms with Crippen molar-refractivity contribution >= 4 is 28.1 Å². The number of nitrogens with zero attached hydrogens (tertiary/aromatic N) is 4. The van der Waals surface area contributed by atoms with Gasteiger partial charge in [-0.1, -0.05) is 11.3 Å². The maximum absolute atomic E-state index is 13.0. The Kier molecular flexibility index (Phi) is 7.43. The van der Waals surface area contributed by atoms with Crippen molar-refractivity contribution in [2.45, 2.75) is 12.8 Å². The molecule has 0 aliphatic heterocycles. The summed E-state index contributed by atoms with van der Waals surface area (Å²) in [5, 5.41) is 15.9. The molecule has 0 unspecified atom stereocenters. The van der Waals surface area contributed by atoms with E-state index >= 15 is 0 Å². The summed E-state index contributed by atoms with van der Waals surface area (Å²) < 4.78 is 28.2. The van der Waals surface area contributed by atoms with E-state index in [2.05, 4.69) is 10.1 Å². The average Bonchev–Trinajstić information content (AvgIpc) is 3.43. The van der Waals surface area contributed by atoms with Gasteiger partial charge in [-0.15, -0.1) is 5.10 Å². The van der Waals surface area contributed by atoms with Crippen molar-refractivity contribution < 1.29 is 28.6 Å². The lowest BCUT2D eigenvalue weighted by atomic mass is 10.1. The Labute approximate surface area is 214 Å². The van der Waals surface area contributed by atoms with Crippen molar-refractivity contribution in [3.63, 3.8) is 0 Å². The molecule has 13 heteroatoms. The Morgan fingerprint density at radius 2 is 1.54 bits per heavy atom. The highest BCUT2D eigenvalue weighted by molar-refractivity contribution is 7.15. The number of fused-ring (bicyclic) bond motifs is 1. The molecule has 0 amide bonds. The molecular weight excluding hydrogens is 504 g/mol. The first-order valence-electron chi connectivity index (χ1n) is 10.9. The minimum atomic E-state index is -0.475. The third-order valence-corrected chi connectivity index (χ3v) is 6.57. The van der Waals surface area contributed by atoms with Crippen molar-refractivity contribution in [2.24, 2.45) is 0 Å². The molecule has 2 heterocycles. The smallest absolute Gasteiger partial charge is 0.291 e. The number of ether oxygens (including phenoxy) is 5. The first-order chi connectivity index (χ1) is 17.8. The van der Waals surface area contributed by atoms with E-state index in [4.69, 9.17) is 23.7 Å². The second-order valence-corrected chi connectivity index (χ2v) is 8.70. The summed E-state index contributed by atoms with van der Waals surface area (Å²) in [5.74, 6) is 2.43. The third-order valence-electron chi connectivity index (χ3n) is 5.61. The molecular formula is C24H24N4O8S. The highest BCUT2D eigenvalue weighted by atomic mass is 32.1. The fraction of sp³-hybridized carbons (Fsp3) is 0.292. The number of benzene rings is 2. The molecule has 2 aromatic heterocycles. The molecule has 4 aromatic rings. The van der Waals surface area contributed by atoms with Crippen LogP contribution in [0.3, 0.4) is 0 Å². The zero-order valence-electron chi connectivity index (χ0n) is 20.8. The maximum Gasteiger partial charge on any atom is 0.291 e. The van der Waals surface area contributed by atoms with Crippen LogP contribution < -0.4 is 33.8 Å². The van der Waals surface area contributed by atoms with E-state index < -0.39 is 4.92 Å². The highest BCUT2D eigenvalue weighted by Gasteiger charge is 2.20. The van der Waals surface area contributed by atoms with Gasteiger partial charge in [0.25, 0.3) is 11.2 Å². The lowest BCUT2D eigenvalue weighted by Gasteiger charge is -2.12. The lowest BCUT2D eigenvalue weighted by Crippen LogP contribution is -2.23. The first kappa shape index (κ1) is 25.7. The number of aryl methyl sites for hydroxylation is 2. The normalized spacial score (nSPS) is 11.5. The van der Waals surface area contributed by atoms with E-state index in [1.165, 1.54) is 57.5 Å².